The number of rotatable bonds is 10. The van der Waals surface area contributed by atoms with Gasteiger partial charge in [0.1, 0.15) is 11.8 Å². The van der Waals surface area contributed by atoms with Crippen LogP contribution in [0.1, 0.15) is 32.8 Å². The third-order valence-corrected chi connectivity index (χ3v) is 5.13. The van der Waals surface area contributed by atoms with Crippen molar-refractivity contribution in [3.8, 4) is 5.75 Å². The van der Waals surface area contributed by atoms with Crippen LogP contribution < -0.4 is 10.1 Å². The normalized spacial score (nSPS) is 11.8. The summed E-state index contributed by atoms with van der Waals surface area (Å²) in [5.41, 5.74) is 0.769. The van der Waals surface area contributed by atoms with E-state index in [1.165, 1.54) is 4.90 Å². The van der Waals surface area contributed by atoms with Crippen molar-refractivity contribution in [1.82, 2.24) is 10.2 Å². The highest BCUT2D eigenvalue weighted by molar-refractivity contribution is 6.31. The van der Waals surface area contributed by atoms with Crippen LogP contribution in [0.5, 0.6) is 5.75 Å². The Morgan fingerprint density at radius 1 is 1.10 bits per heavy atom. The molecule has 30 heavy (non-hydrogen) atoms. The largest absolute Gasteiger partial charge is 0.484 e. The van der Waals surface area contributed by atoms with Crippen molar-refractivity contribution in [2.75, 3.05) is 13.2 Å². The van der Waals surface area contributed by atoms with Gasteiger partial charge in [-0.25, -0.2) is 0 Å². The van der Waals surface area contributed by atoms with E-state index < -0.39 is 6.04 Å². The third kappa shape index (κ3) is 7.22. The first-order valence-electron chi connectivity index (χ1n) is 10.0. The van der Waals surface area contributed by atoms with Crippen molar-refractivity contribution in [2.45, 2.75) is 39.8 Å². The topological polar surface area (TPSA) is 58.6 Å². The molecule has 162 valence electrons. The lowest BCUT2D eigenvalue weighted by atomic mass is 10.1. The van der Waals surface area contributed by atoms with Crippen molar-refractivity contribution in [3.63, 3.8) is 0 Å². The third-order valence-electron chi connectivity index (χ3n) is 4.53. The lowest BCUT2D eigenvalue weighted by Gasteiger charge is -2.31. The maximum Gasteiger partial charge on any atom is 0.261 e. The number of halogens is 2. The van der Waals surface area contributed by atoms with E-state index >= 15 is 0 Å². The molecule has 0 spiro atoms. The Balaban J connectivity index is 2.21. The number of hydrogen-bond donors (Lipinski definition) is 1. The number of nitrogens with one attached hydrogen (secondary N) is 1. The zero-order valence-electron chi connectivity index (χ0n) is 17.5. The van der Waals surface area contributed by atoms with Gasteiger partial charge in [-0.3, -0.25) is 9.59 Å². The molecule has 0 aliphatic heterocycles. The van der Waals surface area contributed by atoms with E-state index in [1.54, 1.807) is 30.3 Å². The van der Waals surface area contributed by atoms with Gasteiger partial charge >= 0.3 is 0 Å². The fraction of sp³-hybridized carbons (Fsp3) is 0.391. The zero-order chi connectivity index (χ0) is 22.1. The summed E-state index contributed by atoms with van der Waals surface area (Å²) in [4.78, 5) is 27.5. The molecule has 1 N–H and O–H groups in total. The number of carbonyl (C=O) groups excluding carboxylic acids is 2. The van der Waals surface area contributed by atoms with Crippen LogP contribution in [0.4, 0.5) is 0 Å². The Morgan fingerprint density at radius 2 is 1.83 bits per heavy atom. The average molecular weight is 451 g/mol. The monoisotopic (exact) mass is 450 g/mol. The van der Waals surface area contributed by atoms with Gasteiger partial charge < -0.3 is 15.0 Å². The summed E-state index contributed by atoms with van der Waals surface area (Å²) in [6.07, 6.45) is 0.470. The molecule has 0 radical (unpaired) electrons. The fourth-order valence-electron chi connectivity index (χ4n) is 2.94. The van der Waals surface area contributed by atoms with Crippen LogP contribution in [0.15, 0.2) is 48.5 Å². The summed E-state index contributed by atoms with van der Waals surface area (Å²) < 4.78 is 5.63. The number of carbonyl (C=O) groups is 2. The molecule has 2 aromatic carbocycles. The van der Waals surface area contributed by atoms with Crippen molar-refractivity contribution in [3.05, 3.63) is 64.1 Å². The van der Waals surface area contributed by atoms with E-state index in [9.17, 15) is 9.59 Å². The van der Waals surface area contributed by atoms with Crippen LogP contribution in [0.25, 0.3) is 0 Å². The summed E-state index contributed by atoms with van der Waals surface area (Å²) in [5, 5.41) is 3.99. The van der Waals surface area contributed by atoms with Crippen LogP contribution >= 0.6 is 23.2 Å². The molecule has 0 saturated carbocycles. The highest BCUT2D eigenvalue weighted by Gasteiger charge is 2.29. The molecule has 0 aromatic heterocycles. The quantitative estimate of drug-likeness (QED) is 0.556. The standard InChI is InChI=1S/C23H28Cl2N2O3/c1-4-21(23(29)26-13-16(2)3)27(14-17-8-5-6-11-20(17)25)22(28)15-30-19-10-7-9-18(24)12-19/h5-12,16,21H,4,13-15H2,1-3H3,(H,26,29). The van der Waals surface area contributed by atoms with Crippen LogP contribution in [0.2, 0.25) is 10.0 Å². The van der Waals surface area contributed by atoms with E-state index in [4.69, 9.17) is 27.9 Å². The number of benzene rings is 2. The van der Waals surface area contributed by atoms with Gasteiger partial charge in [0.05, 0.1) is 0 Å². The van der Waals surface area contributed by atoms with Crippen LogP contribution in [0.3, 0.4) is 0 Å². The Hall–Kier alpha value is -2.24. The maximum atomic E-state index is 13.1. The summed E-state index contributed by atoms with van der Waals surface area (Å²) in [7, 11) is 0. The predicted octanol–water partition coefficient (Wildman–Crippen LogP) is 4.95. The molecule has 2 amide bonds. The second-order valence-electron chi connectivity index (χ2n) is 7.42. The number of amides is 2. The van der Waals surface area contributed by atoms with Crippen molar-refractivity contribution >= 4 is 35.0 Å². The molecule has 0 saturated heterocycles. The van der Waals surface area contributed by atoms with E-state index in [1.807, 2.05) is 39.0 Å². The summed E-state index contributed by atoms with van der Waals surface area (Å²) >= 11 is 12.3. The Kier molecular flexibility index (Phi) is 9.47. The Bertz CT molecular complexity index is 858. The van der Waals surface area contributed by atoms with Crippen molar-refractivity contribution in [2.24, 2.45) is 5.92 Å². The van der Waals surface area contributed by atoms with Gasteiger partial charge in [-0.2, -0.15) is 0 Å². The first-order valence-corrected chi connectivity index (χ1v) is 10.8. The molecule has 0 fully saturated rings. The smallest absolute Gasteiger partial charge is 0.261 e. The first-order chi connectivity index (χ1) is 14.3. The summed E-state index contributed by atoms with van der Waals surface area (Å²) in [5.74, 6) is 0.312. The first kappa shape index (κ1) is 24.0. The second kappa shape index (κ2) is 11.8. The number of hydrogen-bond acceptors (Lipinski definition) is 3. The zero-order valence-corrected chi connectivity index (χ0v) is 19.0. The molecule has 5 nitrogen and oxygen atoms in total. The van der Waals surface area contributed by atoms with E-state index in [2.05, 4.69) is 5.32 Å². The van der Waals surface area contributed by atoms with Crippen molar-refractivity contribution in [1.29, 1.82) is 0 Å². The van der Waals surface area contributed by atoms with Gasteiger partial charge in [0.2, 0.25) is 5.91 Å². The van der Waals surface area contributed by atoms with Crippen molar-refractivity contribution < 1.29 is 14.3 Å². The van der Waals surface area contributed by atoms with Gasteiger partial charge in [-0.1, -0.05) is 68.2 Å². The molecule has 0 bridgehead atoms. The molecule has 0 heterocycles. The van der Waals surface area contributed by atoms with E-state index in [0.717, 1.165) is 5.56 Å². The average Bonchev–Trinajstić information content (AvgIpc) is 2.71. The second-order valence-corrected chi connectivity index (χ2v) is 8.27. The van der Waals surface area contributed by atoms with Gasteiger partial charge in [0.25, 0.3) is 5.91 Å². The molecule has 7 heteroatoms. The lowest BCUT2D eigenvalue weighted by Crippen LogP contribution is -2.50. The lowest BCUT2D eigenvalue weighted by molar-refractivity contribution is -0.143. The van der Waals surface area contributed by atoms with Gasteiger partial charge in [0.15, 0.2) is 6.61 Å². The molecular weight excluding hydrogens is 423 g/mol. The molecular formula is C23H28Cl2N2O3. The SMILES string of the molecule is CCC(C(=O)NCC(C)C)N(Cc1ccccc1Cl)C(=O)COc1cccc(Cl)c1. The van der Waals surface area contributed by atoms with Crippen LogP contribution in [-0.2, 0) is 16.1 Å². The van der Waals surface area contributed by atoms with Crippen LogP contribution in [0, 0.1) is 5.92 Å². The van der Waals surface area contributed by atoms with Crippen LogP contribution in [-0.4, -0.2) is 35.9 Å². The number of nitrogens with zero attached hydrogens (tertiary/aromatic N) is 1. The highest BCUT2D eigenvalue weighted by Crippen LogP contribution is 2.21. The molecule has 2 rings (SSSR count). The fourth-order valence-corrected chi connectivity index (χ4v) is 3.31. The minimum atomic E-state index is -0.629. The number of ether oxygens (including phenoxy) is 1. The molecule has 0 aliphatic carbocycles. The highest BCUT2D eigenvalue weighted by atomic mass is 35.5. The van der Waals surface area contributed by atoms with Gasteiger partial charge in [-0.05, 0) is 42.2 Å². The minimum absolute atomic E-state index is 0.186. The summed E-state index contributed by atoms with van der Waals surface area (Å²) in [6.45, 7) is 6.47. The molecule has 1 unspecified atom stereocenters. The van der Waals surface area contributed by atoms with Gasteiger partial charge in [-0.15, -0.1) is 0 Å². The van der Waals surface area contributed by atoms with E-state index in [0.29, 0.717) is 34.7 Å². The minimum Gasteiger partial charge on any atom is -0.484 e. The van der Waals surface area contributed by atoms with Gasteiger partial charge in [0, 0.05) is 23.1 Å². The Labute approximate surface area is 188 Å². The molecule has 1 atom stereocenters. The molecule has 0 aliphatic rings. The maximum absolute atomic E-state index is 13.1. The molecule has 2 aromatic rings. The Morgan fingerprint density at radius 3 is 2.47 bits per heavy atom. The summed E-state index contributed by atoms with van der Waals surface area (Å²) in [6, 6.07) is 13.5. The predicted molar refractivity (Wildman–Crippen MR) is 121 cm³/mol. The van der Waals surface area contributed by atoms with E-state index in [-0.39, 0.29) is 25.0 Å².